The van der Waals surface area contributed by atoms with Crippen LogP contribution < -0.4 is 14.5 Å². The fourth-order valence-electron chi connectivity index (χ4n) is 5.14. The van der Waals surface area contributed by atoms with E-state index in [-0.39, 0.29) is 0 Å². The molecule has 1 aliphatic heterocycles. The first-order chi connectivity index (χ1) is 17.2. The van der Waals surface area contributed by atoms with Gasteiger partial charge in [-0.15, -0.1) is 0 Å². The molecule has 0 saturated heterocycles. The second-order valence-corrected chi connectivity index (χ2v) is 9.00. The van der Waals surface area contributed by atoms with Crippen molar-refractivity contribution in [2.24, 2.45) is 0 Å². The average Bonchev–Trinajstić information content (AvgIpc) is 3.45. The molecule has 0 aliphatic carbocycles. The van der Waals surface area contributed by atoms with Gasteiger partial charge in [0.05, 0.1) is 17.9 Å². The number of hydrogen-bond acceptors (Lipinski definition) is 5. The molecular weight excluding hydrogens is 434 g/mol. The summed E-state index contributed by atoms with van der Waals surface area (Å²) in [7, 11) is 2.08. The minimum absolute atomic E-state index is 0.746. The molecule has 0 radical (unpaired) electrons. The van der Waals surface area contributed by atoms with Crippen LogP contribution in [0.5, 0.6) is 11.5 Å². The van der Waals surface area contributed by atoms with Crippen LogP contribution in [0.2, 0.25) is 0 Å². The number of imidazole rings is 1. The molecule has 35 heavy (non-hydrogen) atoms. The molecule has 3 aromatic carbocycles. The largest absolute Gasteiger partial charge is 0.457 e. The minimum Gasteiger partial charge on any atom is -0.457 e. The Morgan fingerprint density at radius 3 is 2.63 bits per heavy atom. The van der Waals surface area contributed by atoms with Crippen molar-refractivity contribution in [3.05, 3.63) is 97.0 Å². The Morgan fingerprint density at radius 1 is 0.800 bits per heavy atom. The number of para-hydroxylation sites is 1. The van der Waals surface area contributed by atoms with Crippen LogP contribution in [0, 0.1) is 6.92 Å². The number of anilines is 3. The molecule has 0 spiro atoms. The number of ether oxygens (including phenoxy) is 1. The zero-order valence-corrected chi connectivity index (χ0v) is 19.5. The lowest BCUT2D eigenvalue weighted by atomic mass is 10.1. The molecule has 4 heterocycles. The maximum absolute atomic E-state index is 6.37. The van der Waals surface area contributed by atoms with Gasteiger partial charge in [-0.05, 0) is 60.8 Å². The van der Waals surface area contributed by atoms with Crippen molar-refractivity contribution in [3.8, 4) is 11.5 Å². The van der Waals surface area contributed by atoms with E-state index >= 15 is 0 Å². The number of nitrogens with zero attached hydrogens (tertiary/aromatic N) is 5. The Labute approximate surface area is 202 Å². The van der Waals surface area contributed by atoms with Gasteiger partial charge in [0.1, 0.15) is 17.1 Å². The summed E-state index contributed by atoms with van der Waals surface area (Å²) in [4.78, 5) is 13.7. The molecule has 3 aromatic heterocycles. The Kier molecular flexibility index (Phi) is 4.23. The van der Waals surface area contributed by atoms with E-state index in [0.717, 1.165) is 57.6 Å². The van der Waals surface area contributed by atoms with E-state index in [4.69, 9.17) is 9.72 Å². The standard InChI is InChI=1S/C29H23N5O/c1-19-17-31-28-25-16-22(12-13-23(25)24-9-3-4-10-26(24)34(19)28)35-21-8-5-7-20(15-21)33-18-32(2)27-11-6-14-30-29(27)33/h3-17H,18H2,1-2H3. The van der Waals surface area contributed by atoms with Gasteiger partial charge < -0.3 is 14.5 Å². The van der Waals surface area contributed by atoms with Gasteiger partial charge in [-0.2, -0.15) is 0 Å². The average molecular weight is 458 g/mol. The van der Waals surface area contributed by atoms with E-state index in [9.17, 15) is 0 Å². The summed E-state index contributed by atoms with van der Waals surface area (Å²) in [5.41, 5.74) is 5.39. The van der Waals surface area contributed by atoms with Gasteiger partial charge in [0, 0.05) is 47.7 Å². The number of pyridine rings is 2. The van der Waals surface area contributed by atoms with E-state index in [1.807, 2.05) is 36.7 Å². The zero-order chi connectivity index (χ0) is 23.5. The van der Waals surface area contributed by atoms with Crippen LogP contribution in [0.25, 0.3) is 27.3 Å². The van der Waals surface area contributed by atoms with Gasteiger partial charge in [0.2, 0.25) is 0 Å². The van der Waals surface area contributed by atoms with Crippen molar-refractivity contribution >= 4 is 44.5 Å². The lowest BCUT2D eigenvalue weighted by Gasteiger charge is -2.19. The summed E-state index contributed by atoms with van der Waals surface area (Å²) in [6.45, 7) is 2.84. The smallest absolute Gasteiger partial charge is 0.158 e. The topological polar surface area (TPSA) is 45.9 Å². The Bertz CT molecular complexity index is 1760. The summed E-state index contributed by atoms with van der Waals surface area (Å²) in [6, 6.07) is 27.0. The molecule has 6 aromatic rings. The molecule has 1 aliphatic rings. The first kappa shape index (κ1) is 19.9. The Balaban J connectivity index is 1.30. The van der Waals surface area contributed by atoms with Gasteiger partial charge in [-0.3, -0.25) is 4.40 Å². The summed E-state index contributed by atoms with van der Waals surface area (Å²) in [5, 5.41) is 3.45. The molecule has 7 rings (SSSR count). The summed E-state index contributed by atoms with van der Waals surface area (Å²) in [5.74, 6) is 2.52. The number of hydrogen-bond donors (Lipinski definition) is 0. The molecule has 0 saturated carbocycles. The van der Waals surface area contributed by atoms with Crippen LogP contribution >= 0.6 is 0 Å². The summed E-state index contributed by atoms with van der Waals surface area (Å²) >= 11 is 0. The summed E-state index contributed by atoms with van der Waals surface area (Å²) < 4.78 is 8.59. The van der Waals surface area contributed by atoms with E-state index in [2.05, 4.69) is 87.8 Å². The lowest BCUT2D eigenvalue weighted by Crippen LogP contribution is -2.24. The lowest BCUT2D eigenvalue weighted by molar-refractivity contribution is 0.483. The molecule has 0 amide bonds. The highest BCUT2D eigenvalue weighted by Crippen LogP contribution is 2.39. The van der Waals surface area contributed by atoms with E-state index < -0.39 is 0 Å². The predicted octanol–water partition coefficient (Wildman–Crippen LogP) is 6.68. The molecule has 0 unspecified atom stereocenters. The number of benzene rings is 3. The molecule has 170 valence electrons. The maximum Gasteiger partial charge on any atom is 0.158 e. The number of aryl methyl sites for hydroxylation is 1. The van der Waals surface area contributed by atoms with Crippen LogP contribution in [0.4, 0.5) is 17.2 Å². The fourth-order valence-corrected chi connectivity index (χ4v) is 5.14. The normalized spacial score (nSPS) is 13.2. The fraction of sp³-hybridized carbons (Fsp3) is 0.103. The van der Waals surface area contributed by atoms with Crippen LogP contribution in [0.1, 0.15) is 5.69 Å². The third kappa shape index (κ3) is 3.03. The monoisotopic (exact) mass is 457 g/mol. The van der Waals surface area contributed by atoms with E-state index in [0.29, 0.717) is 0 Å². The van der Waals surface area contributed by atoms with Gasteiger partial charge in [-0.25, -0.2) is 9.97 Å². The van der Waals surface area contributed by atoms with Crippen molar-refractivity contribution in [1.82, 2.24) is 14.4 Å². The SMILES string of the molecule is Cc1cnc2c3cc(Oc4cccc(N5CN(C)c6cccnc65)c4)ccc3c3ccccc3n12. The highest BCUT2D eigenvalue weighted by Gasteiger charge is 2.25. The number of fused-ring (bicyclic) bond motifs is 7. The van der Waals surface area contributed by atoms with Crippen molar-refractivity contribution in [2.75, 3.05) is 23.5 Å². The highest BCUT2D eigenvalue weighted by molar-refractivity contribution is 6.12. The van der Waals surface area contributed by atoms with Crippen LogP contribution in [-0.2, 0) is 0 Å². The molecule has 0 fully saturated rings. The molecule has 0 bridgehead atoms. The van der Waals surface area contributed by atoms with Crippen molar-refractivity contribution in [3.63, 3.8) is 0 Å². The summed E-state index contributed by atoms with van der Waals surface area (Å²) in [6.07, 6.45) is 3.76. The van der Waals surface area contributed by atoms with Crippen molar-refractivity contribution < 1.29 is 4.74 Å². The third-order valence-electron chi connectivity index (χ3n) is 6.76. The van der Waals surface area contributed by atoms with Crippen LogP contribution in [0.3, 0.4) is 0 Å². The van der Waals surface area contributed by atoms with Crippen LogP contribution in [-0.4, -0.2) is 28.1 Å². The van der Waals surface area contributed by atoms with E-state index in [1.54, 1.807) is 0 Å². The number of rotatable bonds is 3. The van der Waals surface area contributed by atoms with Gasteiger partial charge in [-0.1, -0.05) is 24.3 Å². The first-order valence-corrected chi connectivity index (χ1v) is 11.7. The van der Waals surface area contributed by atoms with Gasteiger partial charge in [0.15, 0.2) is 5.82 Å². The van der Waals surface area contributed by atoms with Crippen molar-refractivity contribution in [2.45, 2.75) is 6.92 Å². The Hall–Kier alpha value is -4.58. The first-order valence-electron chi connectivity index (χ1n) is 11.7. The zero-order valence-electron chi connectivity index (χ0n) is 19.5. The minimum atomic E-state index is 0.746. The van der Waals surface area contributed by atoms with Gasteiger partial charge >= 0.3 is 0 Å². The van der Waals surface area contributed by atoms with Gasteiger partial charge in [0.25, 0.3) is 0 Å². The molecule has 6 nitrogen and oxygen atoms in total. The molecule has 0 N–H and O–H groups in total. The highest BCUT2D eigenvalue weighted by atomic mass is 16.5. The third-order valence-corrected chi connectivity index (χ3v) is 6.76. The van der Waals surface area contributed by atoms with Crippen molar-refractivity contribution in [1.29, 1.82) is 0 Å². The predicted molar refractivity (Wildman–Crippen MR) is 141 cm³/mol. The van der Waals surface area contributed by atoms with Crippen LogP contribution in [0.15, 0.2) is 91.3 Å². The second-order valence-electron chi connectivity index (χ2n) is 9.00. The Morgan fingerprint density at radius 2 is 1.69 bits per heavy atom. The molecular formula is C29H23N5O. The maximum atomic E-state index is 6.37. The van der Waals surface area contributed by atoms with E-state index in [1.165, 1.54) is 10.8 Å². The molecule has 6 heteroatoms. The quantitative estimate of drug-likeness (QED) is 0.277. The number of aromatic nitrogens is 3. The second kappa shape index (κ2) is 7.46. The molecule has 0 atom stereocenters.